The van der Waals surface area contributed by atoms with Crippen molar-refractivity contribution in [3.05, 3.63) is 32.6 Å². The molecule has 0 unspecified atom stereocenters. The molecule has 1 fully saturated rings. The van der Waals surface area contributed by atoms with Crippen molar-refractivity contribution < 1.29 is 14.6 Å². The fourth-order valence-corrected chi connectivity index (χ4v) is 2.41. The van der Waals surface area contributed by atoms with E-state index in [2.05, 4.69) is 10.3 Å². The predicted molar refractivity (Wildman–Crippen MR) is 83.1 cm³/mol. The third-order valence-electron chi connectivity index (χ3n) is 3.87. The van der Waals surface area contributed by atoms with E-state index >= 15 is 0 Å². The molecule has 0 spiro atoms. The summed E-state index contributed by atoms with van der Waals surface area (Å²) in [6.07, 6.45) is 0.498. The molecule has 0 aromatic carbocycles. The quantitative estimate of drug-likeness (QED) is 0.703. The number of nitrogens with one attached hydrogen (secondary N) is 2. The lowest BCUT2D eigenvalue weighted by atomic mass is 9.94. The molecule has 1 aromatic rings. The molecule has 2 heterocycles. The number of carbonyl (C=O) groups is 1. The number of aryl methyl sites for hydroxylation is 1. The number of carbonyl (C=O) groups excluding carboxylic acids is 1. The highest BCUT2D eigenvalue weighted by atomic mass is 16.5. The van der Waals surface area contributed by atoms with Crippen molar-refractivity contribution >= 4 is 5.91 Å². The van der Waals surface area contributed by atoms with E-state index in [1.54, 1.807) is 27.7 Å². The molecule has 128 valence electrons. The predicted octanol–water partition coefficient (Wildman–Crippen LogP) is -0.344. The van der Waals surface area contributed by atoms with Gasteiger partial charge in [-0.3, -0.25) is 19.1 Å². The molecule has 3 N–H and O–H groups in total. The van der Waals surface area contributed by atoms with Crippen LogP contribution in [0.5, 0.6) is 0 Å². The minimum Gasteiger partial charge on any atom is -0.394 e. The molecule has 0 radical (unpaired) electrons. The molecule has 0 saturated carbocycles. The second-order valence-electron chi connectivity index (χ2n) is 6.86. The summed E-state index contributed by atoms with van der Waals surface area (Å²) in [6, 6.07) is -0.407. The molecular formula is C15H23N3O5. The first-order valence-electron chi connectivity index (χ1n) is 7.53. The summed E-state index contributed by atoms with van der Waals surface area (Å²) in [7, 11) is 0. The fourth-order valence-electron chi connectivity index (χ4n) is 2.41. The van der Waals surface area contributed by atoms with Gasteiger partial charge in [-0.2, -0.15) is 0 Å². The first-order valence-corrected chi connectivity index (χ1v) is 7.53. The number of rotatable bonds is 3. The summed E-state index contributed by atoms with van der Waals surface area (Å²) in [5.41, 5.74) is -1.20. The van der Waals surface area contributed by atoms with Gasteiger partial charge >= 0.3 is 5.69 Å². The smallest absolute Gasteiger partial charge is 0.330 e. The number of aliphatic hydroxyl groups is 1. The fraction of sp³-hybridized carbons (Fsp3) is 0.667. The zero-order valence-electron chi connectivity index (χ0n) is 13.8. The van der Waals surface area contributed by atoms with Gasteiger partial charge in [0.1, 0.15) is 12.3 Å². The van der Waals surface area contributed by atoms with Crippen LogP contribution >= 0.6 is 0 Å². The van der Waals surface area contributed by atoms with Crippen LogP contribution in [0.3, 0.4) is 0 Å². The SMILES string of the molecule is Cc1cn([C@H]2C[C@@H](NC(=O)C(C)(C)C)[C@H](CO)O2)c(=O)[nH]c1=O. The lowest BCUT2D eigenvalue weighted by Gasteiger charge is -2.23. The van der Waals surface area contributed by atoms with E-state index in [1.807, 2.05) is 0 Å². The highest BCUT2D eigenvalue weighted by Gasteiger charge is 2.38. The molecule has 1 aliphatic rings. The molecule has 23 heavy (non-hydrogen) atoms. The molecular weight excluding hydrogens is 302 g/mol. The van der Waals surface area contributed by atoms with Gasteiger partial charge in [-0.05, 0) is 6.92 Å². The summed E-state index contributed by atoms with van der Waals surface area (Å²) in [6.45, 7) is 6.69. The molecule has 1 amide bonds. The molecule has 0 bridgehead atoms. The summed E-state index contributed by atoms with van der Waals surface area (Å²) in [4.78, 5) is 37.7. The Bertz CT molecular complexity index is 700. The van der Waals surface area contributed by atoms with E-state index in [9.17, 15) is 19.5 Å². The molecule has 8 heteroatoms. The van der Waals surface area contributed by atoms with E-state index in [0.717, 1.165) is 0 Å². The Hall–Kier alpha value is -1.93. The lowest BCUT2D eigenvalue weighted by molar-refractivity contribution is -0.129. The number of amides is 1. The molecule has 1 aromatic heterocycles. The van der Waals surface area contributed by atoms with Crippen LogP contribution in [-0.2, 0) is 9.53 Å². The first-order chi connectivity index (χ1) is 10.6. The summed E-state index contributed by atoms with van der Waals surface area (Å²) in [5.74, 6) is -0.157. The van der Waals surface area contributed by atoms with Gasteiger partial charge in [0.05, 0.1) is 12.6 Å². The van der Waals surface area contributed by atoms with Gasteiger partial charge in [0.25, 0.3) is 5.56 Å². The number of aromatic amines is 1. The van der Waals surface area contributed by atoms with Gasteiger partial charge < -0.3 is 15.2 Å². The Morgan fingerprint density at radius 2 is 2.13 bits per heavy atom. The number of H-pyrrole nitrogens is 1. The normalized spacial score (nSPS) is 24.7. The van der Waals surface area contributed by atoms with Crippen molar-refractivity contribution in [3.63, 3.8) is 0 Å². The van der Waals surface area contributed by atoms with Crippen LogP contribution in [0.2, 0.25) is 0 Å². The lowest BCUT2D eigenvalue weighted by Crippen LogP contribution is -2.46. The van der Waals surface area contributed by atoms with Crippen LogP contribution in [0.25, 0.3) is 0 Å². The molecule has 2 rings (SSSR count). The van der Waals surface area contributed by atoms with E-state index in [-0.39, 0.29) is 12.5 Å². The van der Waals surface area contributed by atoms with Crippen molar-refractivity contribution in [2.45, 2.75) is 52.5 Å². The van der Waals surface area contributed by atoms with Gasteiger partial charge in [-0.25, -0.2) is 4.79 Å². The van der Waals surface area contributed by atoms with E-state index < -0.39 is 35.0 Å². The number of ether oxygens (including phenoxy) is 1. The molecule has 1 saturated heterocycles. The monoisotopic (exact) mass is 325 g/mol. The van der Waals surface area contributed by atoms with Crippen molar-refractivity contribution in [2.24, 2.45) is 5.41 Å². The zero-order chi connectivity index (χ0) is 17.4. The highest BCUT2D eigenvalue weighted by molar-refractivity contribution is 5.81. The third-order valence-corrected chi connectivity index (χ3v) is 3.87. The highest BCUT2D eigenvalue weighted by Crippen LogP contribution is 2.28. The Kier molecular flexibility index (Phi) is 4.76. The van der Waals surface area contributed by atoms with Crippen LogP contribution in [0.15, 0.2) is 15.8 Å². The van der Waals surface area contributed by atoms with Crippen molar-refractivity contribution in [3.8, 4) is 0 Å². The number of aromatic nitrogens is 2. The number of hydrogen-bond donors (Lipinski definition) is 3. The summed E-state index contributed by atoms with van der Waals surface area (Å²) in [5, 5.41) is 12.3. The average Bonchev–Trinajstić information content (AvgIpc) is 2.84. The zero-order valence-corrected chi connectivity index (χ0v) is 13.8. The molecule has 3 atom stereocenters. The van der Waals surface area contributed by atoms with Gasteiger partial charge in [0, 0.05) is 23.6 Å². The largest absolute Gasteiger partial charge is 0.394 e. The summed E-state index contributed by atoms with van der Waals surface area (Å²) < 4.78 is 6.96. The Labute approximate surface area is 133 Å². The number of hydrogen-bond acceptors (Lipinski definition) is 5. The minimum atomic E-state index is -0.652. The maximum atomic E-state index is 12.1. The van der Waals surface area contributed by atoms with Gasteiger partial charge in [0.15, 0.2) is 0 Å². The van der Waals surface area contributed by atoms with Crippen molar-refractivity contribution in [1.82, 2.24) is 14.9 Å². The van der Waals surface area contributed by atoms with Gasteiger partial charge in [-0.15, -0.1) is 0 Å². The minimum absolute atomic E-state index is 0.157. The van der Waals surface area contributed by atoms with E-state index in [1.165, 1.54) is 10.8 Å². The van der Waals surface area contributed by atoms with E-state index in [0.29, 0.717) is 12.0 Å². The Morgan fingerprint density at radius 1 is 1.48 bits per heavy atom. The van der Waals surface area contributed by atoms with Gasteiger partial charge in [-0.1, -0.05) is 20.8 Å². The van der Waals surface area contributed by atoms with Crippen LogP contribution < -0.4 is 16.6 Å². The van der Waals surface area contributed by atoms with Crippen LogP contribution in [0.4, 0.5) is 0 Å². The standard InChI is InChI=1S/C15H23N3O5/c1-8-6-18(14(22)17-12(8)20)11-5-9(10(7-19)23-11)16-13(21)15(2,3)4/h6,9-11,19H,5,7H2,1-4H3,(H,16,21)(H,17,20,22)/t9-,10+,11-/m1/s1. The van der Waals surface area contributed by atoms with Crippen LogP contribution in [0, 0.1) is 12.3 Å². The number of aliphatic hydroxyl groups excluding tert-OH is 1. The summed E-state index contributed by atoms with van der Waals surface area (Å²) >= 11 is 0. The number of nitrogens with zero attached hydrogens (tertiary/aromatic N) is 1. The second kappa shape index (κ2) is 6.29. The van der Waals surface area contributed by atoms with Crippen molar-refractivity contribution in [2.75, 3.05) is 6.61 Å². The Morgan fingerprint density at radius 3 is 2.70 bits per heavy atom. The average molecular weight is 325 g/mol. The maximum absolute atomic E-state index is 12.1. The van der Waals surface area contributed by atoms with Crippen LogP contribution in [-0.4, -0.2) is 39.3 Å². The third kappa shape index (κ3) is 3.70. The topological polar surface area (TPSA) is 113 Å². The molecule has 1 aliphatic heterocycles. The maximum Gasteiger partial charge on any atom is 0.330 e. The van der Waals surface area contributed by atoms with Crippen LogP contribution in [0.1, 0.15) is 39.0 Å². The molecule has 0 aliphatic carbocycles. The van der Waals surface area contributed by atoms with Gasteiger partial charge in [0.2, 0.25) is 5.91 Å². The first kappa shape index (κ1) is 17.4. The second-order valence-corrected chi connectivity index (χ2v) is 6.86. The molecule has 8 nitrogen and oxygen atoms in total. The Balaban J connectivity index is 2.22. The van der Waals surface area contributed by atoms with E-state index in [4.69, 9.17) is 4.74 Å². The van der Waals surface area contributed by atoms with Crippen molar-refractivity contribution in [1.29, 1.82) is 0 Å².